The Morgan fingerprint density at radius 2 is 2.25 bits per heavy atom. The van der Waals surface area contributed by atoms with E-state index in [0.717, 1.165) is 30.2 Å². The number of nitrogens with zero attached hydrogens (tertiary/aromatic N) is 1. The van der Waals surface area contributed by atoms with Crippen LogP contribution >= 0.6 is 12.6 Å². The van der Waals surface area contributed by atoms with Gasteiger partial charge in [-0.25, -0.2) is 4.39 Å². The number of nitrogens with one attached hydrogen (secondary N) is 1. The highest BCUT2D eigenvalue weighted by Gasteiger charge is 2.19. The topological polar surface area (TPSA) is 74.9 Å². The van der Waals surface area contributed by atoms with Crippen LogP contribution in [-0.2, 0) is 6.42 Å². The molecule has 0 unspecified atom stereocenters. The number of benzene rings is 1. The lowest BCUT2D eigenvalue weighted by Gasteiger charge is -2.08. The fraction of sp³-hybridized carbons (Fsp3) is 0.214. The van der Waals surface area contributed by atoms with Crippen LogP contribution in [0.25, 0.3) is 17.3 Å². The molecule has 1 aromatic heterocycles. The van der Waals surface area contributed by atoms with Crippen LogP contribution in [0.15, 0.2) is 17.5 Å². The number of aromatic hydroxyl groups is 1. The summed E-state index contributed by atoms with van der Waals surface area (Å²) >= 11 is 4.06. The van der Waals surface area contributed by atoms with Crippen molar-refractivity contribution in [3.05, 3.63) is 34.6 Å². The summed E-state index contributed by atoms with van der Waals surface area (Å²) in [5.41, 5.74) is 7.90. The minimum atomic E-state index is -0.585. The fourth-order valence-corrected chi connectivity index (χ4v) is 2.25. The number of aryl methyl sites for hydroxylation is 1. The van der Waals surface area contributed by atoms with E-state index in [1.165, 1.54) is 6.07 Å². The van der Waals surface area contributed by atoms with Crippen LogP contribution in [-0.4, -0.2) is 15.3 Å². The van der Waals surface area contributed by atoms with Crippen LogP contribution in [0.4, 0.5) is 10.1 Å². The Morgan fingerprint density at radius 1 is 1.50 bits per heavy atom. The molecule has 106 valence electrons. The number of aromatic amines is 1. The summed E-state index contributed by atoms with van der Waals surface area (Å²) in [4.78, 5) is 0. The van der Waals surface area contributed by atoms with Gasteiger partial charge in [0.25, 0.3) is 0 Å². The number of halogens is 1. The molecule has 0 aliphatic carbocycles. The molecular weight excluding hydrogens is 277 g/mol. The molecule has 1 heterocycles. The Kier molecular flexibility index (Phi) is 4.34. The van der Waals surface area contributed by atoms with Gasteiger partial charge < -0.3 is 10.8 Å². The normalized spacial score (nSPS) is 11.3. The van der Waals surface area contributed by atoms with Gasteiger partial charge in [-0.05, 0) is 30.0 Å². The Labute approximate surface area is 121 Å². The van der Waals surface area contributed by atoms with Gasteiger partial charge in [0.1, 0.15) is 17.3 Å². The summed E-state index contributed by atoms with van der Waals surface area (Å²) in [6.45, 7) is 2.04. The molecule has 1 aromatic carbocycles. The summed E-state index contributed by atoms with van der Waals surface area (Å²) in [6.07, 6.45) is 3.47. The second-order valence-electron chi connectivity index (χ2n) is 4.39. The zero-order valence-electron chi connectivity index (χ0n) is 11.0. The lowest BCUT2D eigenvalue weighted by Crippen LogP contribution is -1.96. The number of hydrogen-bond donors (Lipinski definition) is 4. The summed E-state index contributed by atoms with van der Waals surface area (Å²) in [7, 11) is 0. The van der Waals surface area contributed by atoms with Crippen molar-refractivity contribution >= 4 is 24.4 Å². The third-order valence-corrected chi connectivity index (χ3v) is 3.18. The molecule has 0 fully saturated rings. The van der Waals surface area contributed by atoms with Crippen molar-refractivity contribution in [3.8, 4) is 17.0 Å². The van der Waals surface area contributed by atoms with Crippen molar-refractivity contribution in [2.45, 2.75) is 19.8 Å². The van der Waals surface area contributed by atoms with Crippen molar-refractivity contribution in [2.24, 2.45) is 0 Å². The highest BCUT2D eigenvalue weighted by molar-refractivity contribution is 7.83. The molecule has 0 aliphatic heterocycles. The average Bonchev–Trinajstić information content (AvgIpc) is 2.79. The van der Waals surface area contributed by atoms with E-state index in [1.54, 1.807) is 11.5 Å². The number of anilines is 1. The highest BCUT2D eigenvalue weighted by atomic mass is 32.1. The molecule has 0 bridgehead atoms. The van der Waals surface area contributed by atoms with Gasteiger partial charge in [-0.3, -0.25) is 5.10 Å². The Hall–Kier alpha value is -1.95. The van der Waals surface area contributed by atoms with E-state index in [2.05, 4.69) is 22.8 Å². The van der Waals surface area contributed by atoms with Crippen LogP contribution in [0.1, 0.15) is 24.6 Å². The number of hydrogen-bond acceptors (Lipinski definition) is 4. The molecule has 0 aliphatic rings. The van der Waals surface area contributed by atoms with Crippen molar-refractivity contribution in [2.75, 3.05) is 5.73 Å². The first-order chi connectivity index (χ1) is 9.60. The van der Waals surface area contributed by atoms with Crippen molar-refractivity contribution < 1.29 is 9.50 Å². The number of nitrogen functional groups attached to an aromatic ring is 1. The molecule has 0 radical (unpaired) electrons. The van der Waals surface area contributed by atoms with Crippen LogP contribution in [0.5, 0.6) is 5.75 Å². The maximum Gasteiger partial charge on any atom is 0.147 e. The quantitative estimate of drug-likeness (QED) is 0.516. The summed E-state index contributed by atoms with van der Waals surface area (Å²) in [5.74, 6) is -0.689. The van der Waals surface area contributed by atoms with Crippen molar-refractivity contribution in [3.63, 3.8) is 0 Å². The first kappa shape index (κ1) is 14.5. The van der Waals surface area contributed by atoms with Gasteiger partial charge in [0, 0.05) is 11.3 Å². The highest BCUT2D eigenvalue weighted by Crippen LogP contribution is 2.38. The molecule has 0 atom stereocenters. The predicted octanol–water partition coefficient (Wildman–Crippen LogP) is 3.36. The van der Waals surface area contributed by atoms with Gasteiger partial charge in [-0.1, -0.05) is 13.3 Å². The van der Waals surface area contributed by atoms with E-state index < -0.39 is 5.82 Å². The number of phenolic OH excluding ortho intramolecular Hbond substituents is 1. The van der Waals surface area contributed by atoms with E-state index in [1.807, 2.05) is 6.92 Å². The maximum atomic E-state index is 13.6. The smallest absolute Gasteiger partial charge is 0.147 e. The zero-order valence-corrected chi connectivity index (χ0v) is 11.9. The average molecular weight is 293 g/mol. The van der Waals surface area contributed by atoms with E-state index >= 15 is 0 Å². The minimum Gasteiger partial charge on any atom is -0.507 e. The number of aromatic nitrogens is 2. The Bertz CT molecular complexity index is 652. The number of nitrogens with two attached hydrogens (primary N) is 1. The molecule has 2 aromatic rings. The SMILES string of the molecule is CCCc1[nH]nc(-c2c(O)ccc(F)c2N)c1/C=C/S. The first-order valence-corrected chi connectivity index (χ1v) is 6.77. The molecule has 20 heavy (non-hydrogen) atoms. The standard InChI is InChI=1S/C14H16FN3OS/c1-2-3-10-8(6-7-20)14(18-17-10)12-11(19)5-4-9(15)13(12)16/h4-7,19-20H,2-3,16H2,1H3,(H,17,18)/b7-6+. The third-order valence-electron chi connectivity index (χ3n) is 3.03. The maximum absolute atomic E-state index is 13.6. The molecular formula is C14H16FN3OS. The molecule has 2 rings (SSSR count). The molecule has 0 spiro atoms. The number of rotatable bonds is 4. The second kappa shape index (κ2) is 6.00. The first-order valence-electron chi connectivity index (χ1n) is 6.25. The van der Waals surface area contributed by atoms with Gasteiger partial charge in [0.2, 0.25) is 0 Å². The van der Waals surface area contributed by atoms with Gasteiger partial charge in [0.05, 0.1) is 11.3 Å². The van der Waals surface area contributed by atoms with Gasteiger partial charge in [-0.15, -0.1) is 0 Å². The molecule has 0 saturated heterocycles. The molecule has 6 heteroatoms. The van der Waals surface area contributed by atoms with E-state index in [-0.39, 0.29) is 17.0 Å². The van der Waals surface area contributed by atoms with Crippen LogP contribution < -0.4 is 5.73 Å². The fourth-order valence-electron chi connectivity index (χ4n) is 2.10. The van der Waals surface area contributed by atoms with Crippen molar-refractivity contribution in [1.29, 1.82) is 0 Å². The lowest BCUT2D eigenvalue weighted by atomic mass is 10.0. The van der Waals surface area contributed by atoms with Crippen LogP contribution in [0.3, 0.4) is 0 Å². The number of thiol groups is 1. The molecule has 4 nitrogen and oxygen atoms in total. The second-order valence-corrected chi connectivity index (χ2v) is 4.68. The summed E-state index contributed by atoms with van der Waals surface area (Å²) in [5, 5.41) is 18.6. The van der Waals surface area contributed by atoms with E-state index in [9.17, 15) is 9.50 Å². The Morgan fingerprint density at radius 3 is 2.90 bits per heavy atom. The predicted molar refractivity (Wildman–Crippen MR) is 82.1 cm³/mol. The van der Waals surface area contributed by atoms with Crippen molar-refractivity contribution in [1.82, 2.24) is 10.2 Å². The Balaban J connectivity index is 2.67. The van der Waals surface area contributed by atoms with Gasteiger partial charge in [-0.2, -0.15) is 17.7 Å². The van der Waals surface area contributed by atoms with Gasteiger partial charge in [0.15, 0.2) is 0 Å². The van der Waals surface area contributed by atoms with Gasteiger partial charge >= 0.3 is 0 Å². The number of phenols is 1. The molecule has 0 amide bonds. The molecule has 4 N–H and O–H groups in total. The monoisotopic (exact) mass is 293 g/mol. The van der Waals surface area contributed by atoms with E-state index in [4.69, 9.17) is 5.73 Å². The largest absolute Gasteiger partial charge is 0.507 e. The third kappa shape index (κ3) is 2.51. The lowest BCUT2D eigenvalue weighted by molar-refractivity contribution is 0.475. The van der Waals surface area contributed by atoms with E-state index in [0.29, 0.717) is 5.69 Å². The molecule has 0 saturated carbocycles. The number of H-pyrrole nitrogens is 1. The van der Waals surface area contributed by atoms with Crippen LogP contribution in [0.2, 0.25) is 0 Å². The zero-order chi connectivity index (χ0) is 14.7. The summed E-state index contributed by atoms with van der Waals surface area (Å²) < 4.78 is 13.6. The minimum absolute atomic E-state index is 0.104. The summed E-state index contributed by atoms with van der Waals surface area (Å²) in [6, 6.07) is 2.39. The van der Waals surface area contributed by atoms with Crippen LogP contribution in [0, 0.1) is 5.82 Å².